The minimum atomic E-state index is -4.88. The van der Waals surface area contributed by atoms with Gasteiger partial charge in [-0.2, -0.15) is 0 Å². The molecule has 0 saturated carbocycles. The van der Waals surface area contributed by atoms with Gasteiger partial charge in [0.05, 0.1) is 32.0 Å². The van der Waals surface area contributed by atoms with Crippen LogP contribution in [-0.4, -0.2) is 82.6 Å². The number of unbranched alkanes of at least 4 members (excludes halogenated alkanes) is 7. The molecule has 0 amide bonds. The van der Waals surface area contributed by atoms with Crippen molar-refractivity contribution in [1.82, 2.24) is 0 Å². The summed E-state index contributed by atoms with van der Waals surface area (Å²) in [6, 6.07) is 0. The lowest BCUT2D eigenvalue weighted by Gasteiger charge is -2.20. The Balaban J connectivity index is 2.43. The van der Waals surface area contributed by atoms with Gasteiger partial charge in [0.15, 0.2) is 6.10 Å². The van der Waals surface area contributed by atoms with Crippen molar-refractivity contribution in [2.45, 2.75) is 167 Å². The van der Waals surface area contributed by atoms with E-state index in [0.29, 0.717) is 37.9 Å². The van der Waals surface area contributed by atoms with Crippen molar-refractivity contribution < 1.29 is 66.3 Å². The maximum Gasteiger partial charge on any atom is 0.472 e. The lowest BCUT2D eigenvalue weighted by atomic mass is 10.1. The fraction of sp³-hybridized carbons (Fsp3) is 0.625. The first kappa shape index (κ1) is 59.0. The van der Waals surface area contributed by atoms with Gasteiger partial charge in [0.1, 0.15) is 12.7 Å². The molecule has 0 aromatic heterocycles. The minimum Gasteiger partial charge on any atom is -0.462 e. The van der Waals surface area contributed by atoms with Gasteiger partial charge in [-0.05, 0) is 83.5 Å². The zero-order valence-electron chi connectivity index (χ0n) is 38.3. The molecular formula is C48H78O14P2. The van der Waals surface area contributed by atoms with Gasteiger partial charge in [-0.1, -0.05) is 143 Å². The summed E-state index contributed by atoms with van der Waals surface area (Å²) in [5, 5.41) is 9.76. The van der Waals surface area contributed by atoms with Crippen LogP contribution in [0.2, 0.25) is 0 Å². The molecule has 5 atom stereocenters. The van der Waals surface area contributed by atoms with Crippen LogP contribution in [-0.2, 0) is 46.5 Å². The van der Waals surface area contributed by atoms with Gasteiger partial charge in [0.2, 0.25) is 0 Å². The zero-order chi connectivity index (χ0) is 47.0. The molecule has 0 aromatic carbocycles. The van der Waals surface area contributed by atoms with Gasteiger partial charge in [-0.15, -0.1) is 0 Å². The number of epoxide rings is 1. The molecule has 1 saturated heterocycles. The molecule has 3 unspecified atom stereocenters. The Morgan fingerprint density at radius 1 is 0.547 bits per heavy atom. The monoisotopic (exact) mass is 940 g/mol. The summed E-state index contributed by atoms with van der Waals surface area (Å²) in [4.78, 5) is 52.7. The van der Waals surface area contributed by atoms with Crippen LogP contribution in [0.5, 0.6) is 0 Å². The van der Waals surface area contributed by atoms with Crippen molar-refractivity contribution in [3.63, 3.8) is 0 Å². The van der Waals surface area contributed by atoms with E-state index in [-0.39, 0.29) is 12.8 Å². The van der Waals surface area contributed by atoms with Crippen molar-refractivity contribution >= 4 is 27.6 Å². The molecular weight excluding hydrogens is 862 g/mol. The molecule has 0 bridgehead atoms. The summed E-state index contributed by atoms with van der Waals surface area (Å²) in [5.74, 6) is -1.20. The highest BCUT2D eigenvalue weighted by Crippen LogP contribution is 2.44. The van der Waals surface area contributed by atoms with E-state index in [1.807, 2.05) is 30.4 Å². The molecule has 64 heavy (non-hydrogen) atoms. The number of phosphoric acid groups is 2. The van der Waals surface area contributed by atoms with E-state index in [4.69, 9.17) is 28.5 Å². The van der Waals surface area contributed by atoms with E-state index in [1.54, 1.807) is 0 Å². The SMILES string of the molecule is CC/C=C\CC1OC1C/C=C\C/C=C\C/C=C\C/C=C\CCC(=O)O[C@H](COC(=O)CCC/C=C\C/C=C\C/C=C\CCCCCCCC)COP(=O)(O)OC[C@@H](O)COP(=O)(O)O. The number of aliphatic hydroxyl groups is 1. The number of carbonyl (C=O) groups excluding carboxylic acids is 2. The van der Waals surface area contributed by atoms with E-state index in [9.17, 15) is 28.7 Å². The lowest BCUT2D eigenvalue weighted by molar-refractivity contribution is -0.161. The van der Waals surface area contributed by atoms with E-state index in [0.717, 1.165) is 51.4 Å². The zero-order valence-corrected chi connectivity index (χ0v) is 40.1. The van der Waals surface area contributed by atoms with Gasteiger partial charge in [-0.25, -0.2) is 9.13 Å². The number of ether oxygens (including phenoxy) is 3. The number of rotatable bonds is 41. The van der Waals surface area contributed by atoms with E-state index >= 15 is 0 Å². The number of carbonyl (C=O) groups is 2. The molecule has 4 N–H and O–H groups in total. The number of esters is 2. The van der Waals surface area contributed by atoms with Gasteiger partial charge in [0.25, 0.3) is 0 Å². The molecule has 1 heterocycles. The Morgan fingerprint density at radius 2 is 1.03 bits per heavy atom. The van der Waals surface area contributed by atoms with Crippen LogP contribution in [0.3, 0.4) is 0 Å². The highest BCUT2D eigenvalue weighted by Gasteiger charge is 2.36. The normalized spacial score (nSPS) is 18.0. The Morgan fingerprint density at radius 3 is 1.61 bits per heavy atom. The maximum atomic E-state index is 12.7. The van der Waals surface area contributed by atoms with Crippen molar-refractivity contribution in [2.75, 3.05) is 26.4 Å². The lowest BCUT2D eigenvalue weighted by Crippen LogP contribution is -2.29. The van der Waals surface area contributed by atoms with Crippen LogP contribution in [0.15, 0.2) is 97.2 Å². The largest absolute Gasteiger partial charge is 0.472 e. The van der Waals surface area contributed by atoms with Crippen molar-refractivity contribution in [3.05, 3.63) is 97.2 Å². The Kier molecular flexibility index (Phi) is 36.1. The smallest absolute Gasteiger partial charge is 0.462 e. The molecule has 0 radical (unpaired) electrons. The van der Waals surface area contributed by atoms with Gasteiger partial charge in [-0.3, -0.25) is 23.2 Å². The summed E-state index contributed by atoms with van der Waals surface area (Å²) in [5.41, 5.74) is 0. The summed E-state index contributed by atoms with van der Waals surface area (Å²) in [6.45, 7) is 1.48. The summed E-state index contributed by atoms with van der Waals surface area (Å²) in [6.07, 6.45) is 48.9. The third-order valence-corrected chi connectivity index (χ3v) is 10.8. The highest BCUT2D eigenvalue weighted by molar-refractivity contribution is 7.47. The van der Waals surface area contributed by atoms with E-state index in [2.05, 4.69) is 89.7 Å². The Labute approximate surface area is 383 Å². The third kappa shape index (κ3) is 39.4. The third-order valence-electron chi connectivity index (χ3n) is 9.36. The molecule has 1 aliphatic rings. The number of aliphatic hydroxyl groups excluding tert-OH is 1. The van der Waals surface area contributed by atoms with Crippen LogP contribution in [0.25, 0.3) is 0 Å². The maximum absolute atomic E-state index is 12.7. The average Bonchev–Trinajstić information content (AvgIpc) is 4.01. The predicted molar refractivity (Wildman–Crippen MR) is 252 cm³/mol. The predicted octanol–water partition coefficient (Wildman–Crippen LogP) is 11.1. The van der Waals surface area contributed by atoms with Crippen molar-refractivity contribution in [2.24, 2.45) is 0 Å². The van der Waals surface area contributed by atoms with Crippen LogP contribution in [0, 0.1) is 0 Å². The molecule has 0 aromatic rings. The summed E-state index contributed by atoms with van der Waals surface area (Å²) in [7, 11) is -9.73. The Bertz CT molecular complexity index is 1560. The van der Waals surface area contributed by atoms with E-state index < -0.39 is 66.2 Å². The molecule has 16 heteroatoms. The highest BCUT2D eigenvalue weighted by atomic mass is 31.2. The van der Waals surface area contributed by atoms with Crippen LogP contribution >= 0.6 is 15.6 Å². The minimum absolute atomic E-state index is 0.0130. The van der Waals surface area contributed by atoms with Crippen molar-refractivity contribution in [1.29, 1.82) is 0 Å². The summed E-state index contributed by atoms with van der Waals surface area (Å²) >= 11 is 0. The fourth-order valence-electron chi connectivity index (χ4n) is 5.78. The number of phosphoric ester groups is 2. The molecule has 0 aliphatic carbocycles. The Hall–Kier alpha value is -3.00. The van der Waals surface area contributed by atoms with Crippen LogP contribution in [0.1, 0.15) is 142 Å². The number of hydrogen-bond donors (Lipinski definition) is 4. The van der Waals surface area contributed by atoms with E-state index in [1.165, 1.54) is 38.5 Å². The first-order valence-corrected chi connectivity index (χ1v) is 26.1. The average molecular weight is 941 g/mol. The topological polar surface area (TPSA) is 208 Å². The second-order valence-electron chi connectivity index (χ2n) is 15.3. The second kappa shape index (κ2) is 39.2. The van der Waals surface area contributed by atoms with Gasteiger partial charge in [0, 0.05) is 12.8 Å². The first-order chi connectivity index (χ1) is 30.8. The molecule has 1 fully saturated rings. The number of allylic oxidation sites excluding steroid dienone is 14. The van der Waals surface area contributed by atoms with Gasteiger partial charge < -0.3 is 34.0 Å². The van der Waals surface area contributed by atoms with Gasteiger partial charge >= 0.3 is 27.6 Å². The first-order valence-electron chi connectivity index (χ1n) is 23.1. The molecule has 0 spiro atoms. The second-order valence-corrected chi connectivity index (χ2v) is 18.0. The standard InChI is InChI=1S/C48H78O14P2/c1-3-5-7-8-9-10-11-12-13-14-15-16-20-23-26-29-33-37-47(50)57-41-44(42-60-64(55,56)59-40-43(49)39-58-63(52,53)54)61-48(51)38-34-30-27-24-21-18-17-19-22-25-28-32-36-46-45(62-46)35-31-6-4-2/h6,12-13,15-16,18-19,21-23,26-28,30-32,43-46,49H,3-5,7-11,14,17,20,24-25,29,33-42H2,1-2H3,(H,55,56)(H2,52,53,54)/b13-12-,16-15-,21-18-,22-19-,26-23-,30-27-,31-6-,32-28-/t43-,44+,45?,46?/m0/s1. The molecule has 364 valence electrons. The summed E-state index contributed by atoms with van der Waals surface area (Å²) < 4.78 is 53.4. The molecule has 1 rings (SSSR count). The fourth-order valence-corrected chi connectivity index (χ4v) is 6.94. The van der Waals surface area contributed by atoms with Crippen LogP contribution < -0.4 is 0 Å². The molecule has 14 nitrogen and oxygen atoms in total. The molecule has 1 aliphatic heterocycles. The van der Waals surface area contributed by atoms with Crippen molar-refractivity contribution in [3.8, 4) is 0 Å². The quantitative estimate of drug-likeness (QED) is 0.0148. The number of hydrogen-bond acceptors (Lipinski definition) is 11. The van der Waals surface area contributed by atoms with Crippen LogP contribution in [0.4, 0.5) is 0 Å².